The molecule has 1 aromatic rings. The highest BCUT2D eigenvalue weighted by molar-refractivity contribution is 6.06. The van der Waals surface area contributed by atoms with E-state index in [2.05, 4.69) is 23.6 Å². The Morgan fingerprint density at radius 1 is 1.25 bits per heavy atom. The summed E-state index contributed by atoms with van der Waals surface area (Å²) < 4.78 is 0. The zero-order valence-corrected chi connectivity index (χ0v) is 10.1. The van der Waals surface area contributed by atoms with Crippen molar-refractivity contribution in [3.63, 3.8) is 0 Å². The first-order valence-corrected chi connectivity index (χ1v) is 5.82. The Hall–Kier alpha value is -1.51. The van der Waals surface area contributed by atoms with Crippen LogP contribution < -0.4 is 10.6 Å². The molecule has 0 spiro atoms. The summed E-state index contributed by atoms with van der Waals surface area (Å²) in [5.41, 5.74) is 2.68. The monoisotopic (exact) mass is 218 g/mol. The van der Waals surface area contributed by atoms with Gasteiger partial charge in [0.2, 0.25) is 5.91 Å². The van der Waals surface area contributed by atoms with E-state index in [1.165, 1.54) is 5.56 Å². The minimum absolute atomic E-state index is 0.0793. The van der Waals surface area contributed by atoms with Gasteiger partial charge >= 0.3 is 0 Å². The van der Waals surface area contributed by atoms with Crippen LogP contribution >= 0.6 is 0 Å². The minimum Gasteiger partial charge on any atom is -0.369 e. The molecular weight excluding hydrogens is 200 g/mol. The van der Waals surface area contributed by atoms with Crippen molar-refractivity contribution in [2.45, 2.75) is 39.2 Å². The Kier molecular flexibility index (Phi) is 2.62. The molecule has 16 heavy (non-hydrogen) atoms. The third-order valence-electron chi connectivity index (χ3n) is 3.53. The molecule has 0 radical (unpaired) electrons. The van der Waals surface area contributed by atoms with Gasteiger partial charge in [0.1, 0.15) is 5.54 Å². The number of carbonyl (C=O) groups is 1. The average molecular weight is 218 g/mol. The highest BCUT2D eigenvalue weighted by atomic mass is 16.2. The molecule has 0 aromatic heterocycles. The fourth-order valence-corrected chi connectivity index (χ4v) is 2.22. The van der Waals surface area contributed by atoms with Crippen molar-refractivity contribution in [3.8, 4) is 0 Å². The molecule has 0 unspecified atom stereocenters. The second-order valence-corrected chi connectivity index (χ2v) is 4.37. The van der Waals surface area contributed by atoms with Crippen molar-refractivity contribution in [1.82, 2.24) is 0 Å². The van der Waals surface area contributed by atoms with Crippen LogP contribution in [0.2, 0.25) is 0 Å². The zero-order chi connectivity index (χ0) is 11.8. The lowest BCUT2D eigenvalue weighted by atomic mass is 9.88. The number of fused-ring (bicyclic) bond motifs is 1. The Bertz CT molecular complexity index is 422. The molecule has 0 fully saturated rings. The number of hydrogen-bond donors (Lipinski definition) is 2. The van der Waals surface area contributed by atoms with Gasteiger partial charge < -0.3 is 10.6 Å². The number of carbonyl (C=O) groups excluding carboxylic acids is 1. The maximum Gasteiger partial charge on any atom is 0.250 e. The molecule has 2 rings (SSSR count). The maximum atomic E-state index is 12.1. The molecule has 1 aromatic carbocycles. The third kappa shape index (κ3) is 1.47. The summed E-state index contributed by atoms with van der Waals surface area (Å²) in [7, 11) is 0. The standard InChI is InChI=1S/C13H18N2O/c1-4-13(5-2)12(16)14-10-8-6-7-9(3)11(10)15-13/h6-8,15H,4-5H2,1-3H3,(H,14,16). The molecule has 0 bridgehead atoms. The first kappa shape index (κ1) is 11.0. The van der Waals surface area contributed by atoms with Crippen molar-refractivity contribution in [2.24, 2.45) is 0 Å². The second kappa shape index (κ2) is 3.81. The van der Waals surface area contributed by atoms with Gasteiger partial charge in [0.25, 0.3) is 0 Å². The number of para-hydroxylation sites is 1. The molecule has 86 valence electrons. The topological polar surface area (TPSA) is 41.1 Å². The summed E-state index contributed by atoms with van der Waals surface area (Å²) in [5.74, 6) is 0.0793. The normalized spacial score (nSPS) is 17.3. The largest absolute Gasteiger partial charge is 0.369 e. The lowest BCUT2D eigenvalue weighted by Gasteiger charge is -2.38. The van der Waals surface area contributed by atoms with Crippen molar-refractivity contribution in [1.29, 1.82) is 0 Å². The number of aryl methyl sites for hydroxylation is 1. The van der Waals surface area contributed by atoms with E-state index >= 15 is 0 Å². The van der Waals surface area contributed by atoms with Gasteiger partial charge in [0.15, 0.2) is 0 Å². The lowest BCUT2D eigenvalue weighted by Crippen LogP contribution is -2.51. The lowest BCUT2D eigenvalue weighted by molar-refractivity contribution is -0.120. The van der Waals surface area contributed by atoms with E-state index in [0.29, 0.717) is 0 Å². The van der Waals surface area contributed by atoms with Gasteiger partial charge in [-0.2, -0.15) is 0 Å². The van der Waals surface area contributed by atoms with E-state index in [-0.39, 0.29) is 5.91 Å². The molecule has 1 heterocycles. The number of benzene rings is 1. The predicted molar refractivity (Wildman–Crippen MR) is 66.7 cm³/mol. The molecule has 1 aliphatic heterocycles. The molecule has 0 atom stereocenters. The predicted octanol–water partition coefficient (Wildman–Crippen LogP) is 2.92. The van der Waals surface area contributed by atoms with Crippen molar-refractivity contribution in [3.05, 3.63) is 23.8 Å². The van der Waals surface area contributed by atoms with E-state index < -0.39 is 5.54 Å². The fourth-order valence-electron chi connectivity index (χ4n) is 2.22. The fraction of sp³-hybridized carbons (Fsp3) is 0.462. The van der Waals surface area contributed by atoms with Crippen LogP contribution in [0.15, 0.2) is 18.2 Å². The first-order valence-electron chi connectivity index (χ1n) is 5.82. The van der Waals surface area contributed by atoms with Gasteiger partial charge in [0, 0.05) is 0 Å². The minimum atomic E-state index is -0.445. The van der Waals surface area contributed by atoms with Gasteiger partial charge in [-0.05, 0) is 31.4 Å². The molecule has 0 aliphatic carbocycles. The molecule has 0 saturated carbocycles. The summed E-state index contributed by atoms with van der Waals surface area (Å²) in [5, 5.41) is 6.41. The number of rotatable bonds is 2. The quantitative estimate of drug-likeness (QED) is 0.801. The zero-order valence-electron chi connectivity index (χ0n) is 10.1. The Labute approximate surface area is 96.2 Å². The Morgan fingerprint density at radius 2 is 1.94 bits per heavy atom. The molecule has 1 amide bonds. The molecular formula is C13H18N2O. The third-order valence-corrected chi connectivity index (χ3v) is 3.53. The first-order chi connectivity index (χ1) is 7.63. The molecule has 2 N–H and O–H groups in total. The van der Waals surface area contributed by atoms with Crippen LogP contribution in [0.5, 0.6) is 0 Å². The van der Waals surface area contributed by atoms with Crippen LogP contribution in [0.3, 0.4) is 0 Å². The molecule has 3 nitrogen and oxygen atoms in total. The van der Waals surface area contributed by atoms with E-state index in [0.717, 1.165) is 24.2 Å². The summed E-state index contributed by atoms with van der Waals surface area (Å²) in [4.78, 5) is 12.1. The number of nitrogens with one attached hydrogen (secondary N) is 2. The molecule has 0 saturated heterocycles. The van der Waals surface area contributed by atoms with Gasteiger partial charge in [-0.15, -0.1) is 0 Å². The molecule has 3 heteroatoms. The number of amides is 1. The Balaban J connectivity index is 2.48. The van der Waals surface area contributed by atoms with Crippen molar-refractivity contribution in [2.75, 3.05) is 10.6 Å². The van der Waals surface area contributed by atoms with Crippen LogP contribution in [0.1, 0.15) is 32.3 Å². The van der Waals surface area contributed by atoms with Crippen LogP contribution in [0.25, 0.3) is 0 Å². The van der Waals surface area contributed by atoms with Gasteiger partial charge in [-0.25, -0.2) is 0 Å². The van der Waals surface area contributed by atoms with E-state index in [9.17, 15) is 4.79 Å². The van der Waals surface area contributed by atoms with E-state index in [1.807, 2.05) is 26.0 Å². The average Bonchev–Trinajstić information content (AvgIpc) is 2.29. The van der Waals surface area contributed by atoms with Crippen LogP contribution in [0, 0.1) is 6.92 Å². The van der Waals surface area contributed by atoms with Crippen LogP contribution in [0.4, 0.5) is 11.4 Å². The van der Waals surface area contributed by atoms with Crippen LogP contribution in [-0.4, -0.2) is 11.4 Å². The highest BCUT2D eigenvalue weighted by Gasteiger charge is 2.39. The van der Waals surface area contributed by atoms with Crippen molar-refractivity contribution < 1.29 is 4.79 Å². The van der Waals surface area contributed by atoms with Gasteiger partial charge in [0.05, 0.1) is 11.4 Å². The summed E-state index contributed by atoms with van der Waals surface area (Å²) in [6, 6.07) is 5.95. The maximum absolute atomic E-state index is 12.1. The van der Waals surface area contributed by atoms with Gasteiger partial charge in [-0.1, -0.05) is 26.0 Å². The number of anilines is 2. The smallest absolute Gasteiger partial charge is 0.250 e. The summed E-state index contributed by atoms with van der Waals surface area (Å²) in [6.45, 7) is 6.14. The Morgan fingerprint density at radius 3 is 2.56 bits per heavy atom. The molecule has 1 aliphatic rings. The van der Waals surface area contributed by atoms with E-state index in [1.54, 1.807) is 0 Å². The SMILES string of the molecule is CCC1(CC)Nc2c(C)cccc2NC1=O. The van der Waals surface area contributed by atoms with E-state index in [4.69, 9.17) is 0 Å². The van der Waals surface area contributed by atoms with Gasteiger partial charge in [-0.3, -0.25) is 4.79 Å². The summed E-state index contributed by atoms with van der Waals surface area (Å²) in [6.07, 6.45) is 1.59. The van der Waals surface area contributed by atoms with Crippen molar-refractivity contribution >= 4 is 17.3 Å². The summed E-state index contributed by atoms with van der Waals surface area (Å²) >= 11 is 0. The highest BCUT2D eigenvalue weighted by Crippen LogP contribution is 2.36. The second-order valence-electron chi connectivity index (χ2n) is 4.37. The van der Waals surface area contributed by atoms with Crippen LogP contribution in [-0.2, 0) is 4.79 Å². The number of hydrogen-bond acceptors (Lipinski definition) is 2.